The Morgan fingerprint density at radius 3 is 2.65 bits per heavy atom. The molecule has 3 rings (SSSR count). The topological polar surface area (TPSA) is 56.6 Å². The summed E-state index contributed by atoms with van der Waals surface area (Å²) in [5.41, 5.74) is 4.34. The summed E-state index contributed by atoms with van der Waals surface area (Å²) >= 11 is 0. The van der Waals surface area contributed by atoms with E-state index in [0.717, 1.165) is 27.7 Å². The number of allylic oxidation sites excluding steroid dienone is 1. The number of Topliss-reactive ketones (excluding diaryl/α,β-unsaturated/α-hetero) is 1. The van der Waals surface area contributed by atoms with E-state index in [1.807, 2.05) is 68.4 Å². The van der Waals surface area contributed by atoms with Gasteiger partial charge in [0, 0.05) is 16.6 Å². The summed E-state index contributed by atoms with van der Waals surface area (Å²) in [7, 11) is 0. The third-order valence-corrected chi connectivity index (χ3v) is 3.84. The van der Waals surface area contributed by atoms with E-state index in [1.54, 1.807) is 6.08 Å². The summed E-state index contributed by atoms with van der Waals surface area (Å²) in [5.74, 6) is -0.246. The normalized spacial score (nSPS) is 11.4. The van der Waals surface area contributed by atoms with Crippen molar-refractivity contribution in [2.75, 3.05) is 0 Å². The standard InChI is InChI=1S/C20H16N2O/c1-13-6-5-7-15(10-13)11-16(12-21)20(23)19-14(2)22-18-9-4-3-8-17(18)19/h3-11,22H,1-2H3. The summed E-state index contributed by atoms with van der Waals surface area (Å²) in [6.45, 7) is 3.84. The van der Waals surface area contributed by atoms with Gasteiger partial charge in [0.1, 0.15) is 11.6 Å². The van der Waals surface area contributed by atoms with Crippen molar-refractivity contribution >= 4 is 22.8 Å². The van der Waals surface area contributed by atoms with Crippen molar-refractivity contribution in [3.63, 3.8) is 0 Å². The monoisotopic (exact) mass is 300 g/mol. The van der Waals surface area contributed by atoms with E-state index in [9.17, 15) is 10.1 Å². The zero-order valence-electron chi connectivity index (χ0n) is 13.1. The number of nitrogens with one attached hydrogen (secondary N) is 1. The quantitative estimate of drug-likeness (QED) is 0.437. The van der Waals surface area contributed by atoms with Crippen molar-refractivity contribution in [2.24, 2.45) is 0 Å². The molecule has 0 saturated heterocycles. The van der Waals surface area contributed by atoms with Gasteiger partial charge in [-0.25, -0.2) is 0 Å². The van der Waals surface area contributed by atoms with E-state index in [0.29, 0.717) is 5.56 Å². The molecule has 2 aromatic carbocycles. The van der Waals surface area contributed by atoms with Gasteiger partial charge in [-0.15, -0.1) is 0 Å². The van der Waals surface area contributed by atoms with Gasteiger partial charge in [0.2, 0.25) is 5.78 Å². The van der Waals surface area contributed by atoms with Crippen molar-refractivity contribution in [1.29, 1.82) is 5.26 Å². The molecule has 0 bridgehead atoms. The van der Waals surface area contributed by atoms with Crippen LogP contribution >= 0.6 is 0 Å². The molecule has 0 saturated carbocycles. The van der Waals surface area contributed by atoms with Crippen LogP contribution in [0.1, 0.15) is 27.2 Å². The van der Waals surface area contributed by atoms with Crippen LogP contribution in [0.25, 0.3) is 17.0 Å². The smallest absolute Gasteiger partial charge is 0.205 e. The van der Waals surface area contributed by atoms with Crippen LogP contribution in [-0.2, 0) is 0 Å². The van der Waals surface area contributed by atoms with Gasteiger partial charge < -0.3 is 4.98 Å². The summed E-state index contributed by atoms with van der Waals surface area (Å²) in [6, 6.07) is 17.4. The number of carbonyl (C=O) groups is 1. The molecular formula is C20H16N2O. The summed E-state index contributed by atoms with van der Waals surface area (Å²) in [4.78, 5) is 16.1. The first-order chi connectivity index (χ1) is 11.1. The van der Waals surface area contributed by atoms with Gasteiger partial charge in [0.25, 0.3) is 0 Å². The number of aryl methyl sites for hydroxylation is 2. The van der Waals surface area contributed by atoms with Gasteiger partial charge in [-0.1, -0.05) is 48.0 Å². The molecule has 1 heterocycles. The highest BCUT2D eigenvalue weighted by Crippen LogP contribution is 2.25. The molecule has 0 atom stereocenters. The molecule has 1 aromatic heterocycles. The minimum absolute atomic E-state index is 0.142. The molecule has 0 radical (unpaired) electrons. The number of H-pyrrole nitrogens is 1. The molecule has 0 aliphatic heterocycles. The fraction of sp³-hybridized carbons (Fsp3) is 0.100. The Bertz CT molecular complexity index is 971. The zero-order valence-corrected chi connectivity index (χ0v) is 13.1. The number of nitrogens with zero attached hydrogens (tertiary/aromatic N) is 1. The summed E-state index contributed by atoms with van der Waals surface area (Å²) in [5, 5.41) is 10.3. The van der Waals surface area contributed by atoms with Gasteiger partial charge >= 0.3 is 0 Å². The van der Waals surface area contributed by atoms with E-state index in [2.05, 4.69) is 4.98 Å². The number of ketones is 1. The number of carbonyl (C=O) groups excluding carboxylic acids is 1. The van der Waals surface area contributed by atoms with Crippen LogP contribution in [0, 0.1) is 25.2 Å². The highest BCUT2D eigenvalue weighted by molar-refractivity contribution is 6.20. The van der Waals surface area contributed by atoms with E-state index in [1.165, 1.54) is 0 Å². The van der Waals surface area contributed by atoms with Crippen LogP contribution < -0.4 is 0 Å². The molecule has 3 nitrogen and oxygen atoms in total. The van der Waals surface area contributed by atoms with Crippen LogP contribution in [0.2, 0.25) is 0 Å². The number of para-hydroxylation sites is 1. The van der Waals surface area contributed by atoms with Crippen molar-refractivity contribution in [1.82, 2.24) is 4.98 Å². The SMILES string of the molecule is Cc1cccc(C=C(C#N)C(=O)c2c(C)[nH]c3ccccc23)c1. The number of aromatic amines is 1. The Balaban J connectivity index is 2.10. The Hall–Kier alpha value is -3.12. The van der Waals surface area contributed by atoms with Crippen LogP contribution in [0.4, 0.5) is 0 Å². The van der Waals surface area contributed by atoms with E-state index in [4.69, 9.17) is 0 Å². The fourth-order valence-corrected chi connectivity index (χ4v) is 2.78. The van der Waals surface area contributed by atoms with Crippen molar-refractivity contribution < 1.29 is 4.79 Å². The third kappa shape index (κ3) is 2.79. The van der Waals surface area contributed by atoms with Gasteiger partial charge in [-0.3, -0.25) is 4.79 Å². The molecule has 0 amide bonds. The lowest BCUT2D eigenvalue weighted by molar-refractivity contribution is 0.104. The molecule has 0 aliphatic rings. The third-order valence-electron chi connectivity index (χ3n) is 3.84. The molecule has 23 heavy (non-hydrogen) atoms. The largest absolute Gasteiger partial charge is 0.358 e. The molecule has 0 fully saturated rings. The number of hydrogen-bond donors (Lipinski definition) is 1. The average Bonchev–Trinajstić information content (AvgIpc) is 2.87. The van der Waals surface area contributed by atoms with Gasteiger partial charge in [0.15, 0.2) is 0 Å². The minimum Gasteiger partial charge on any atom is -0.358 e. The van der Waals surface area contributed by atoms with Crippen molar-refractivity contribution in [2.45, 2.75) is 13.8 Å². The zero-order chi connectivity index (χ0) is 16.4. The maximum Gasteiger partial charge on any atom is 0.205 e. The van der Waals surface area contributed by atoms with Crippen LogP contribution in [-0.4, -0.2) is 10.8 Å². The first kappa shape index (κ1) is 14.8. The number of rotatable bonds is 3. The van der Waals surface area contributed by atoms with Gasteiger partial charge in [-0.2, -0.15) is 5.26 Å². The second kappa shape index (κ2) is 5.94. The molecule has 3 heteroatoms. The molecule has 3 aromatic rings. The van der Waals surface area contributed by atoms with Crippen molar-refractivity contribution in [3.8, 4) is 6.07 Å². The molecule has 0 spiro atoms. The first-order valence-corrected chi connectivity index (χ1v) is 7.40. The first-order valence-electron chi connectivity index (χ1n) is 7.40. The molecular weight excluding hydrogens is 284 g/mol. The Morgan fingerprint density at radius 2 is 1.91 bits per heavy atom. The number of nitriles is 1. The second-order valence-corrected chi connectivity index (χ2v) is 5.58. The Kier molecular flexibility index (Phi) is 3.82. The van der Waals surface area contributed by atoms with Crippen LogP contribution in [0.3, 0.4) is 0 Å². The predicted molar refractivity (Wildman–Crippen MR) is 92.1 cm³/mol. The predicted octanol–water partition coefficient (Wildman–Crippen LogP) is 4.57. The summed E-state index contributed by atoms with van der Waals surface area (Å²) in [6.07, 6.45) is 1.65. The van der Waals surface area contributed by atoms with Crippen LogP contribution in [0.15, 0.2) is 54.1 Å². The number of fused-ring (bicyclic) bond motifs is 1. The lowest BCUT2D eigenvalue weighted by Crippen LogP contribution is -2.03. The number of benzene rings is 2. The van der Waals surface area contributed by atoms with E-state index < -0.39 is 0 Å². The summed E-state index contributed by atoms with van der Waals surface area (Å²) < 4.78 is 0. The Labute approximate surface area is 134 Å². The minimum atomic E-state index is -0.246. The lowest BCUT2D eigenvalue weighted by atomic mass is 9.99. The molecule has 0 aliphatic carbocycles. The van der Waals surface area contributed by atoms with E-state index >= 15 is 0 Å². The van der Waals surface area contributed by atoms with Crippen molar-refractivity contribution in [3.05, 3.63) is 76.5 Å². The molecule has 112 valence electrons. The highest BCUT2D eigenvalue weighted by Gasteiger charge is 2.19. The molecule has 0 unspecified atom stereocenters. The maximum atomic E-state index is 12.9. The van der Waals surface area contributed by atoms with Gasteiger partial charge in [0.05, 0.1) is 5.56 Å². The maximum absolute atomic E-state index is 12.9. The fourth-order valence-electron chi connectivity index (χ4n) is 2.78. The highest BCUT2D eigenvalue weighted by atomic mass is 16.1. The average molecular weight is 300 g/mol. The molecule has 1 N–H and O–H groups in total. The lowest BCUT2D eigenvalue weighted by Gasteiger charge is -2.01. The Morgan fingerprint density at radius 1 is 1.13 bits per heavy atom. The van der Waals surface area contributed by atoms with Crippen LogP contribution in [0.5, 0.6) is 0 Å². The van der Waals surface area contributed by atoms with Gasteiger partial charge in [-0.05, 0) is 31.6 Å². The number of hydrogen-bond acceptors (Lipinski definition) is 2. The van der Waals surface area contributed by atoms with E-state index in [-0.39, 0.29) is 11.4 Å². The number of aromatic nitrogens is 1. The second-order valence-electron chi connectivity index (χ2n) is 5.58.